The third-order valence-electron chi connectivity index (χ3n) is 11.9. The molecular weight excluding hydrogens is 693 g/mol. The fourth-order valence-corrected chi connectivity index (χ4v) is 9.43. The molecule has 0 amide bonds. The van der Waals surface area contributed by atoms with Crippen LogP contribution in [-0.4, -0.2) is 11.8 Å². The molecular formula is C54H35N2O+. The van der Waals surface area contributed by atoms with Crippen LogP contribution in [0.1, 0.15) is 0 Å². The van der Waals surface area contributed by atoms with Crippen molar-refractivity contribution < 1.29 is 4.42 Å². The van der Waals surface area contributed by atoms with Gasteiger partial charge in [-0.15, -0.1) is 0 Å². The van der Waals surface area contributed by atoms with E-state index >= 15 is 0 Å². The maximum absolute atomic E-state index is 6.56. The Labute approximate surface area is 328 Å². The van der Waals surface area contributed by atoms with Crippen LogP contribution in [0.4, 0.5) is 22.7 Å². The zero-order valence-corrected chi connectivity index (χ0v) is 31.0. The number of nitrogens with zero attached hydrogens (tertiary/aromatic N) is 2. The first-order valence-electron chi connectivity index (χ1n) is 19.6. The maximum atomic E-state index is 6.56. The maximum Gasteiger partial charge on any atom is 0.235 e. The summed E-state index contributed by atoms with van der Waals surface area (Å²) in [7, 11) is 0. The van der Waals surface area contributed by atoms with Gasteiger partial charge in [-0.2, -0.15) is 4.58 Å². The van der Waals surface area contributed by atoms with Crippen LogP contribution in [0.15, 0.2) is 211 Å². The van der Waals surface area contributed by atoms with Gasteiger partial charge in [-0.05, 0) is 77.6 Å². The largest absolute Gasteiger partial charge is 0.455 e. The number of hydrogen-bond donors (Lipinski definition) is 0. The minimum Gasteiger partial charge on any atom is -0.455 e. The van der Waals surface area contributed by atoms with Crippen molar-refractivity contribution in [2.75, 3.05) is 4.90 Å². The van der Waals surface area contributed by atoms with Crippen molar-refractivity contribution >= 4 is 50.4 Å². The Bertz CT molecular complexity index is 3640. The Morgan fingerprint density at radius 3 is 1.86 bits per heavy atom. The van der Waals surface area contributed by atoms with Crippen LogP contribution in [0.25, 0.3) is 33.1 Å². The van der Waals surface area contributed by atoms with E-state index in [1.165, 1.54) is 47.5 Å². The predicted molar refractivity (Wildman–Crippen MR) is 233 cm³/mol. The lowest BCUT2D eigenvalue weighted by Crippen LogP contribution is -2.44. The summed E-state index contributed by atoms with van der Waals surface area (Å²) in [6.07, 6.45) is 8.93. The first-order chi connectivity index (χ1) is 28.3. The van der Waals surface area contributed by atoms with E-state index in [0.29, 0.717) is 0 Å². The van der Waals surface area contributed by atoms with Gasteiger partial charge < -0.3 is 9.32 Å². The predicted octanol–water partition coefficient (Wildman–Crippen LogP) is 12.6. The number of benzene rings is 8. The molecule has 3 aliphatic rings. The molecule has 12 rings (SSSR count). The zero-order chi connectivity index (χ0) is 37.5. The SMILES string of the molecule is C1=CC2=[N+](c3ccccc3)c3cc4c(cc3N(c3ccccc3)C2C=C1)=c1ccccc1=c1cc(-c2cccc3c2oc2ccccc23)ccc1=c1ccccc1=4. The molecule has 0 saturated heterocycles. The van der Waals surface area contributed by atoms with Crippen LogP contribution in [0.2, 0.25) is 0 Å². The molecule has 2 aliphatic carbocycles. The van der Waals surface area contributed by atoms with Crippen LogP contribution < -0.4 is 9.48 Å². The molecule has 2 heterocycles. The molecule has 1 aromatic heterocycles. The molecule has 0 saturated carbocycles. The monoisotopic (exact) mass is 727 g/mol. The topological polar surface area (TPSA) is 19.4 Å². The lowest BCUT2D eigenvalue weighted by molar-refractivity contribution is 0.670. The highest BCUT2D eigenvalue weighted by Crippen LogP contribution is 2.43. The lowest BCUT2D eigenvalue weighted by atomic mass is 9.94. The Kier molecular flexibility index (Phi) is 6.99. The van der Waals surface area contributed by atoms with Crippen molar-refractivity contribution in [1.82, 2.24) is 4.58 Å². The molecule has 57 heavy (non-hydrogen) atoms. The summed E-state index contributed by atoms with van der Waals surface area (Å²) in [6, 6.07) is 66.2. The van der Waals surface area contributed by atoms with E-state index in [0.717, 1.165) is 55.8 Å². The summed E-state index contributed by atoms with van der Waals surface area (Å²) in [5.74, 6) is 0. The standard InChI is InChI=1S/C54H35N2O/c1-3-16-36(17-4-1)55-49-27-12-13-28-50(49)56(37-18-5-2-6-19-37)52-34-48-42-23-10-9-22-41(42)46-32-35(38-25-15-26-45-44-24-11-14-29-53(44)57-54(38)45)30-31-43(46)39-20-7-8-21-40(39)47(48)33-51(52)55/h1-34,50H/q+1. The number of hydrogen-bond acceptors (Lipinski definition) is 2. The van der Waals surface area contributed by atoms with Crippen molar-refractivity contribution in [3.8, 4) is 11.1 Å². The second-order valence-electron chi connectivity index (χ2n) is 15.0. The van der Waals surface area contributed by atoms with Crippen molar-refractivity contribution in [1.29, 1.82) is 0 Å². The first kappa shape index (κ1) is 31.8. The molecule has 9 aromatic rings. The number of furan rings is 1. The highest BCUT2D eigenvalue weighted by Gasteiger charge is 2.40. The second-order valence-corrected chi connectivity index (χ2v) is 15.0. The molecule has 266 valence electrons. The fourth-order valence-electron chi connectivity index (χ4n) is 9.43. The van der Waals surface area contributed by atoms with Gasteiger partial charge in [0.05, 0.1) is 0 Å². The summed E-state index contributed by atoms with van der Waals surface area (Å²) in [5, 5.41) is 11.9. The first-order valence-corrected chi connectivity index (χ1v) is 19.6. The summed E-state index contributed by atoms with van der Waals surface area (Å²) in [6.45, 7) is 0. The van der Waals surface area contributed by atoms with Crippen LogP contribution in [-0.2, 0) is 0 Å². The summed E-state index contributed by atoms with van der Waals surface area (Å²) < 4.78 is 9.02. The third-order valence-corrected chi connectivity index (χ3v) is 11.9. The quantitative estimate of drug-likeness (QED) is 0.169. The zero-order valence-electron chi connectivity index (χ0n) is 31.0. The van der Waals surface area contributed by atoms with Crippen molar-refractivity contribution in [2.24, 2.45) is 0 Å². The van der Waals surface area contributed by atoms with E-state index in [1.54, 1.807) is 0 Å². The smallest absolute Gasteiger partial charge is 0.235 e. The highest BCUT2D eigenvalue weighted by atomic mass is 16.3. The summed E-state index contributed by atoms with van der Waals surface area (Å²) >= 11 is 0. The molecule has 1 aliphatic heterocycles. The van der Waals surface area contributed by atoms with E-state index in [-0.39, 0.29) is 6.04 Å². The lowest BCUT2D eigenvalue weighted by Gasteiger charge is -2.35. The molecule has 3 nitrogen and oxygen atoms in total. The van der Waals surface area contributed by atoms with Crippen LogP contribution in [0.5, 0.6) is 0 Å². The fraction of sp³-hybridized carbons (Fsp3) is 0.0185. The molecule has 8 aromatic carbocycles. The Hall–Kier alpha value is -7.49. The molecule has 1 unspecified atom stereocenters. The van der Waals surface area contributed by atoms with Crippen LogP contribution >= 0.6 is 0 Å². The average Bonchev–Trinajstić information content (AvgIpc) is 3.67. The van der Waals surface area contributed by atoms with Gasteiger partial charge in [-0.25, -0.2) is 0 Å². The molecule has 0 spiro atoms. The highest BCUT2D eigenvalue weighted by molar-refractivity contribution is 6.12. The van der Waals surface area contributed by atoms with Gasteiger partial charge in [0.25, 0.3) is 0 Å². The number of allylic oxidation sites excluding steroid dienone is 2. The molecule has 0 bridgehead atoms. The Morgan fingerprint density at radius 2 is 1.09 bits per heavy atom. The minimum absolute atomic E-state index is 0.00323. The van der Waals surface area contributed by atoms with Gasteiger partial charge in [0.15, 0.2) is 0 Å². The molecule has 3 heteroatoms. The Morgan fingerprint density at radius 1 is 0.474 bits per heavy atom. The normalized spacial score (nSPS) is 14.9. The summed E-state index contributed by atoms with van der Waals surface area (Å²) in [4.78, 5) is 2.51. The van der Waals surface area contributed by atoms with Gasteiger partial charge in [-0.3, -0.25) is 0 Å². The molecule has 0 N–H and O–H groups in total. The van der Waals surface area contributed by atoms with Crippen LogP contribution in [0.3, 0.4) is 0 Å². The van der Waals surface area contributed by atoms with E-state index in [2.05, 4.69) is 210 Å². The van der Waals surface area contributed by atoms with Gasteiger partial charge in [-0.1, -0.05) is 152 Å². The van der Waals surface area contributed by atoms with Crippen molar-refractivity contribution in [3.05, 3.63) is 248 Å². The van der Waals surface area contributed by atoms with E-state index in [1.807, 2.05) is 6.07 Å². The van der Waals surface area contributed by atoms with Crippen molar-refractivity contribution in [2.45, 2.75) is 6.04 Å². The van der Waals surface area contributed by atoms with E-state index in [4.69, 9.17) is 4.42 Å². The van der Waals surface area contributed by atoms with Gasteiger partial charge >= 0.3 is 0 Å². The van der Waals surface area contributed by atoms with Crippen LogP contribution in [0, 0.1) is 41.7 Å². The average molecular weight is 728 g/mol. The van der Waals surface area contributed by atoms with Gasteiger partial charge in [0.1, 0.15) is 22.9 Å². The number of para-hydroxylation sites is 4. The van der Waals surface area contributed by atoms with E-state index < -0.39 is 0 Å². The number of fused-ring (bicyclic) bond motifs is 9. The molecule has 0 radical (unpaired) electrons. The van der Waals surface area contributed by atoms with E-state index in [9.17, 15) is 0 Å². The second kappa shape index (κ2) is 12.5. The van der Waals surface area contributed by atoms with Crippen molar-refractivity contribution in [3.63, 3.8) is 0 Å². The third kappa shape index (κ3) is 4.82. The number of anilines is 2. The van der Waals surface area contributed by atoms with Gasteiger partial charge in [0.2, 0.25) is 17.1 Å². The van der Waals surface area contributed by atoms with Gasteiger partial charge in [0, 0.05) is 46.3 Å². The molecule has 1 atom stereocenters. The Balaban J connectivity index is 1.27. The minimum atomic E-state index is 0.00323. The summed E-state index contributed by atoms with van der Waals surface area (Å²) in [5.41, 5.74) is 9.88. The molecule has 0 fully saturated rings. The number of rotatable bonds is 3.